The van der Waals surface area contributed by atoms with Crippen LogP contribution in [-0.2, 0) is 61.0 Å². The molecular formula is C43H59N5O11S. The summed E-state index contributed by atoms with van der Waals surface area (Å²) in [5.41, 5.74) is 0.508. The molecule has 0 bridgehead atoms. The maximum Gasteiger partial charge on any atom is 0.408 e. The minimum Gasteiger partial charge on any atom is -0.460 e. The molecule has 4 atom stereocenters. The van der Waals surface area contributed by atoms with Gasteiger partial charge < -0.3 is 40.5 Å². The number of fused-ring (bicyclic) bond motifs is 1. The van der Waals surface area contributed by atoms with Crippen molar-refractivity contribution < 1.29 is 51.4 Å². The van der Waals surface area contributed by atoms with Crippen LogP contribution in [0.15, 0.2) is 72.3 Å². The van der Waals surface area contributed by atoms with Gasteiger partial charge in [0.25, 0.3) is 0 Å². The van der Waals surface area contributed by atoms with E-state index in [2.05, 4.69) is 26.3 Å². The maximum atomic E-state index is 14.2. The lowest BCUT2D eigenvalue weighted by Crippen LogP contribution is -2.58. The molecule has 3 aromatic rings. The second-order valence-corrected chi connectivity index (χ2v) is 18.7. The van der Waals surface area contributed by atoms with Crippen LogP contribution in [0.25, 0.3) is 10.9 Å². The van der Waals surface area contributed by atoms with Gasteiger partial charge in [-0.15, -0.1) is 0 Å². The van der Waals surface area contributed by atoms with Crippen LogP contribution in [0.2, 0.25) is 0 Å². The topological polar surface area (TPSA) is 228 Å². The largest absolute Gasteiger partial charge is 0.460 e. The van der Waals surface area contributed by atoms with Gasteiger partial charge in [0, 0.05) is 41.6 Å². The van der Waals surface area contributed by atoms with Crippen molar-refractivity contribution in [2.75, 3.05) is 6.26 Å². The highest BCUT2D eigenvalue weighted by Crippen LogP contribution is 2.20. The Bertz CT molecular complexity index is 2100. The fraction of sp³-hybridized carbons (Fsp3) is 0.488. The minimum absolute atomic E-state index is 0.0201. The van der Waals surface area contributed by atoms with Crippen molar-refractivity contribution in [2.45, 2.75) is 123 Å². The van der Waals surface area contributed by atoms with Crippen LogP contribution >= 0.6 is 0 Å². The number of sulfone groups is 1. The molecule has 0 aliphatic rings. The Hall–Kier alpha value is -5.71. The van der Waals surface area contributed by atoms with E-state index in [1.807, 2.05) is 30.3 Å². The Morgan fingerprint density at radius 2 is 1.35 bits per heavy atom. The van der Waals surface area contributed by atoms with Crippen molar-refractivity contribution in [3.05, 3.63) is 83.4 Å². The Labute approximate surface area is 351 Å². The Kier molecular flexibility index (Phi) is 17.4. The van der Waals surface area contributed by atoms with Crippen LogP contribution in [0, 0.1) is 5.92 Å². The molecule has 0 fully saturated rings. The Morgan fingerprint density at radius 1 is 0.750 bits per heavy atom. The zero-order chi connectivity index (χ0) is 44.8. The summed E-state index contributed by atoms with van der Waals surface area (Å²) in [7, 11) is -3.66. The first-order valence-electron chi connectivity index (χ1n) is 19.6. The molecule has 5 N–H and O–H groups in total. The van der Waals surface area contributed by atoms with E-state index >= 15 is 0 Å². The SMILES string of the molecule is CC(C)C(NC(=O)[C@H](CCC(=O)OC(C)(C)C)NC(=O)[C@H](Cc1c[nH]c2ccccc12)NC(=O)OCc1ccccc1)C(=O)N[C@H](/C=C/S(C)(=O)=O)CC(=O)OC(C)(C)C. The van der Waals surface area contributed by atoms with E-state index in [1.54, 1.807) is 85.9 Å². The quantitative estimate of drug-likeness (QED) is 0.0832. The van der Waals surface area contributed by atoms with Gasteiger partial charge in [-0.2, -0.15) is 0 Å². The number of hydrogen-bond acceptors (Lipinski definition) is 11. The molecule has 0 saturated carbocycles. The first-order valence-corrected chi connectivity index (χ1v) is 21.6. The van der Waals surface area contributed by atoms with Crippen molar-refractivity contribution >= 4 is 56.5 Å². The number of para-hydroxylation sites is 1. The normalized spacial score (nSPS) is 14.1. The molecule has 0 saturated heterocycles. The number of hydrogen-bond donors (Lipinski definition) is 5. The smallest absolute Gasteiger partial charge is 0.408 e. The Morgan fingerprint density at radius 3 is 1.97 bits per heavy atom. The maximum absolute atomic E-state index is 14.2. The van der Waals surface area contributed by atoms with Gasteiger partial charge >= 0.3 is 18.0 Å². The second kappa shape index (κ2) is 21.5. The number of ether oxygens (including phenoxy) is 3. The number of H-pyrrole nitrogens is 1. The van der Waals surface area contributed by atoms with Gasteiger partial charge in [0.1, 0.15) is 35.9 Å². The van der Waals surface area contributed by atoms with Crippen LogP contribution in [0.1, 0.15) is 85.8 Å². The molecule has 0 radical (unpaired) electrons. The molecule has 1 unspecified atom stereocenters. The first kappa shape index (κ1) is 48.7. The van der Waals surface area contributed by atoms with Crippen molar-refractivity contribution in [1.29, 1.82) is 0 Å². The number of rotatable bonds is 19. The number of esters is 2. The molecule has 0 aliphatic heterocycles. The van der Waals surface area contributed by atoms with Gasteiger partial charge in [-0.05, 0) is 71.1 Å². The summed E-state index contributed by atoms with van der Waals surface area (Å²) < 4.78 is 40.1. The van der Waals surface area contributed by atoms with E-state index in [0.29, 0.717) is 5.56 Å². The highest BCUT2D eigenvalue weighted by atomic mass is 32.2. The third kappa shape index (κ3) is 17.6. The van der Waals surface area contributed by atoms with Gasteiger partial charge in [-0.25, -0.2) is 13.2 Å². The molecule has 16 nitrogen and oxygen atoms in total. The number of carbonyl (C=O) groups excluding carboxylic acids is 6. The van der Waals surface area contributed by atoms with E-state index < -0.39 is 93.3 Å². The van der Waals surface area contributed by atoms with Crippen LogP contribution in [-0.4, -0.2) is 90.8 Å². The Balaban J connectivity index is 1.91. The lowest BCUT2D eigenvalue weighted by Gasteiger charge is -2.28. The van der Waals surface area contributed by atoms with Crippen molar-refractivity contribution in [2.24, 2.45) is 5.92 Å². The molecule has 328 valence electrons. The zero-order valence-electron chi connectivity index (χ0n) is 35.7. The van der Waals surface area contributed by atoms with Gasteiger partial charge in [0.2, 0.25) is 17.7 Å². The summed E-state index contributed by atoms with van der Waals surface area (Å²) in [6.45, 7) is 13.2. The number of aromatic nitrogens is 1. The summed E-state index contributed by atoms with van der Waals surface area (Å²) in [5.74, 6) is -4.30. The van der Waals surface area contributed by atoms with E-state index in [-0.39, 0.29) is 25.9 Å². The number of aromatic amines is 1. The van der Waals surface area contributed by atoms with Crippen molar-refractivity contribution in [3.63, 3.8) is 0 Å². The summed E-state index contributed by atoms with van der Waals surface area (Å²) in [4.78, 5) is 83.9. The van der Waals surface area contributed by atoms with E-state index in [1.165, 1.54) is 0 Å². The predicted molar refractivity (Wildman–Crippen MR) is 226 cm³/mol. The number of nitrogens with one attached hydrogen (secondary N) is 5. The van der Waals surface area contributed by atoms with Crippen molar-refractivity contribution in [1.82, 2.24) is 26.3 Å². The third-order valence-electron chi connectivity index (χ3n) is 8.55. The van der Waals surface area contributed by atoms with E-state index in [9.17, 15) is 37.2 Å². The average molecular weight is 854 g/mol. The van der Waals surface area contributed by atoms with Crippen LogP contribution in [0.3, 0.4) is 0 Å². The number of alkyl carbamates (subject to hydrolysis) is 1. The highest BCUT2D eigenvalue weighted by molar-refractivity contribution is 7.93. The fourth-order valence-electron chi connectivity index (χ4n) is 5.86. The molecule has 4 amide bonds. The first-order chi connectivity index (χ1) is 27.9. The molecular weight excluding hydrogens is 795 g/mol. The second-order valence-electron chi connectivity index (χ2n) is 16.8. The third-order valence-corrected chi connectivity index (χ3v) is 9.20. The molecule has 1 heterocycles. The minimum atomic E-state index is -3.66. The highest BCUT2D eigenvalue weighted by Gasteiger charge is 2.33. The molecule has 3 rings (SSSR count). The molecule has 0 aliphatic carbocycles. The zero-order valence-corrected chi connectivity index (χ0v) is 36.6. The lowest BCUT2D eigenvalue weighted by molar-refractivity contribution is -0.156. The monoisotopic (exact) mass is 853 g/mol. The van der Waals surface area contributed by atoms with Gasteiger partial charge in [-0.3, -0.25) is 24.0 Å². The van der Waals surface area contributed by atoms with Gasteiger partial charge in [0.15, 0.2) is 9.84 Å². The fourth-order valence-corrected chi connectivity index (χ4v) is 6.34. The molecule has 17 heteroatoms. The summed E-state index contributed by atoms with van der Waals surface area (Å²) in [6, 6.07) is 11.2. The van der Waals surface area contributed by atoms with Gasteiger partial charge in [0.05, 0.1) is 12.5 Å². The van der Waals surface area contributed by atoms with Gasteiger partial charge in [-0.1, -0.05) is 68.5 Å². The molecule has 0 spiro atoms. The average Bonchev–Trinajstić information content (AvgIpc) is 3.54. The molecule has 1 aromatic heterocycles. The predicted octanol–water partition coefficient (Wildman–Crippen LogP) is 4.53. The number of carbonyl (C=O) groups is 6. The standard InChI is InChI=1S/C43H59N5O11S/c1-27(2)37(40(53)45-30(21-22-60(9,55)56)24-36(50)59-43(6,7)8)48-38(51)33(19-20-35(49)58-42(3,4)5)46-39(52)34(23-29-25-44-32-18-14-13-17-31(29)32)47-41(54)57-26-28-15-11-10-12-16-28/h10-18,21-22,25,27,30,33-34,37,44H,19-20,23-24,26H2,1-9H3,(H,45,53)(H,46,52)(H,47,54)(H,48,51)/b22-21+/t30-,33+,34+,37?/m1/s1. The van der Waals surface area contributed by atoms with Crippen LogP contribution in [0.5, 0.6) is 0 Å². The molecule has 60 heavy (non-hydrogen) atoms. The van der Waals surface area contributed by atoms with Crippen LogP contribution < -0.4 is 21.3 Å². The summed E-state index contributed by atoms with van der Waals surface area (Å²) in [6.07, 6.45) is 1.92. The number of benzene rings is 2. The summed E-state index contributed by atoms with van der Waals surface area (Å²) >= 11 is 0. The van der Waals surface area contributed by atoms with Crippen LogP contribution in [0.4, 0.5) is 4.79 Å². The summed E-state index contributed by atoms with van der Waals surface area (Å²) in [5, 5.41) is 12.2. The molecule has 2 aromatic carbocycles. The van der Waals surface area contributed by atoms with Crippen molar-refractivity contribution in [3.8, 4) is 0 Å². The van der Waals surface area contributed by atoms with E-state index in [4.69, 9.17) is 14.2 Å². The van der Waals surface area contributed by atoms with E-state index in [0.717, 1.165) is 34.2 Å². The number of amides is 4. The lowest BCUT2D eigenvalue weighted by atomic mass is 10.0.